The Balaban J connectivity index is 3.24. The summed E-state index contributed by atoms with van der Waals surface area (Å²) in [6.07, 6.45) is 2.19. The molecule has 0 saturated carbocycles. The molecular weight excluding hydrogens is 168 g/mol. The molecule has 1 N–H and O–H groups in total. The van der Waals surface area contributed by atoms with Crippen molar-refractivity contribution in [3.05, 3.63) is 0 Å². The number of aliphatic hydroxyl groups excluding tert-OH is 1. The number of aliphatic hydroxyl groups is 1. The molecular formula is C10H22O3. The molecule has 0 aliphatic carbocycles. The monoisotopic (exact) mass is 190 g/mol. The maximum Gasteiger partial charge on any atom is 0.154 e. The Morgan fingerprint density at radius 1 is 1.31 bits per heavy atom. The maximum atomic E-state index is 9.15. The molecule has 0 aromatic carbocycles. The summed E-state index contributed by atoms with van der Waals surface area (Å²) in [7, 11) is 0. The molecule has 0 aromatic heterocycles. The predicted octanol–water partition coefficient (Wildman–Crippen LogP) is 1.94. The average Bonchev–Trinajstić information content (AvgIpc) is 2.12. The van der Waals surface area contributed by atoms with Gasteiger partial charge < -0.3 is 14.6 Å². The summed E-state index contributed by atoms with van der Waals surface area (Å²) in [6, 6.07) is 0. The molecule has 0 spiro atoms. The van der Waals surface area contributed by atoms with Crippen molar-refractivity contribution >= 4 is 0 Å². The van der Waals surface area contributed by atoms with E-state index in [1.807, 2.05) is 13.8 Å². The maximum absolute atomic E-state index is 9.15. The van der Waals surface area contributed by atoms with Crippen LogP contribution in [0.1, 0.15) is 40.0 Å². The Morgan fingerprint density at radius 2 is 2.00 bits per heavy atom. The topological polar surface area (TPSA) is 38.7 Å². The molecule has 13 heavy (non-hydrogen) atoms. The van der Waals surface area contributed by atoms with Crippen LogP contribution in [0.15, 0.2) is 0 Å². The number of unbranched alkanes of at least 4 members (excludes halogenated alkanes) is 1. The number of rotatable bonds is 8. The average molecular weight is 190 g/mol. The van der Waals surface area contributed by atoms with E-state index < -0.39 is 6.29 Å². The van der Waals surface area contributed by atoms with Crippen molar-refractivity contribution in [2.24, 2.45) is 0 Å². The lowest BCUT2D eigenvalue weighted by Gasteiger charge is -2.16. The van der Waals surface area contributed by atoms with E-state index in [-0.39, 0.29) is 6.10 Å². The van der Waals surface area contributed by atoms with Gasteiger partial charge in [0.1, 0.15) is 0 Å². The van der Waals surface area contributed by atoms with Crippen molar-refractivity contribution in [3.8, 4) is 0 Å². The van der Waals surface area contributed by atoms with Gasteiger partial charge in [-0.15, -0.1) is 0 Å². The van der Waals surface area contributed by atoms with Gasteiger partial charge in [0, 0.05) is 6.61 Å². The van der Waals surface area contributed by atoms with Crippen molar-refractivity contribution in [1.82, 2.24) is 0 Å². The molecule has 0 aromatic rings. The van der Waals surface area contributed by atoms with Gasteiger partial charge >= 0.3 is 0 Å². The second-order valence-electron chi connectivity index (χ2n) is 3.24. The second kappa shape index (κ2) is 8.48. The third kappa shape index (κ3) is 8.22. The van der Waals surface area contributed by atoms with Crippen LogP contribution in [0, 0.1) is 0 Å². The summed E-state index contributed by atoms with van der Waals surface area (Å²) in [6.45, 7) is 7.27. The molecule has 0 saturated heterocycles. The Labute approximate surface area is 81.0 Å². The van der Waals surface area contributed by atoms with Crippen LogP contribution in [0.5, 0.6) is 0 Å². The number of hydrogen-bond acceptors (Lipinski definition) is 3. The fraction of sp³-hybridized carbons (Fsp3) is 1.00. The quantitative estimate of drug-likeness (QED) is 0.469. The van der Waals surface area contributed by atoms with Gasteiger partial charge in [-0.3, -0.25) is 0 Å². The van der Waals surface area contributed by atoms with Gasteiger partial charge in [-0.2, -0.15) is 0 Å². The summed E-state index contributed by atoms with van der Waals surface area (Å²) in [5, 5.41) is 9.15. The molecule has 0 radical (unpaired) electrons. The molecule has 80 valence electrons. The van der Waals surface area contributed by atoms with E-state index >= 15 is 0 Å². The second-order valence-corrected chi connectivity index (χ2v) is 3.24. The molecule has 2 atom stereocenters. The Morgan fingerprint density at radius 3 is 2.54 bits per heavy atom. The molecule has 3 heteroatoms. The smallest absolute Gasteiger partial charge is 0.154 e. The first-order chi connectivity index (χ1) is 6.20. The molecule has 3 nitrogen and oxygen atoms in total. The standard InChI is InChI=1S/C10H22O3/c1-4-6-7-12-8-9(3)13-10(11)5-2/h9-11H,4-8H2,1-3H3. The van der Waals surface area contributed by atoms with Gasteiger partial charge in [-0.05, 0) is 19.8 Å². The van der Waals surface area contributed by atoms with Crippen LogP contribution in [0.4, 0.5) is 0 Å². The first-order valence-electron chi connectivity index (χ1n) is 5.12. The summed E-state index contributed by atoms with van der Waals surface area (Å²) in [5.74, 6) is 0. The van der Waals surface area contributed by atoms with Gasteiger partial charge in [0.05, 0.1) is 12.7 Å². The Bertz CT molecular complexity index is 106. The minimum absolute atomic E-state index is 0.0215. The van der Waals surface area contributed by atoms with Gasteiger partial charge in [0.2, 0.25) is 0 Å². The van der Waals surface area contributed by atoms with E-state index in [2.05, 4.69) is 6.92 Å². The van der Waals surface area contributed by atoms with Crippen LogP contribution in [0.25, 0.3) is 0 Å². The lowest BCUT2D eigenvalue weighted by atomic mass is 10.3. The molecule has 2 unspecified atom stereocenters. The van der Waals surface area contributed by atoms with Crippen LogP contribution < -0.4 is 0 Å². The summed E-state index contributed by atoms with van der Waals surface area (Å²) >= 11 is 0. The molecule has 0 rings (SSSR count). The third-order valence-electron chi connectivity index (χ3n) is 1.73. The zero-order valence-electron chi connectivity index (χ0n) is 8.95. The van der Waals surface area contributed by atoms with Crippen LogP contribution in [-0.2, 0) is 9.47 Å². The van der Waals surface area contributed by atoms with Crippen molar-refractivity contribution in [2.75, 3.05) is 13.2 Å². The molecule has 0 bridgehead atoms. The molecule has 0 aliphatic heterocycles. The van der Waals surface area contributed by atoms with Crippen LogP contribution in [-0.4, -0.2) is 30.7 Å². The minimum Gasteiger partial charge on any atom is -0.379 e. The molecule has 0 aliphatic rings. The fourth-order valence-electron chi connectivity index (χ4n) is 0.899. The zero-order chi connectivity index (χ0) is 10.1. The summed E-state index contributed by atoms with van der Waals surface area (Å²) in [4.78, 5) is 0. The van der Waals surface area contributed by atoms with Crippen molar-refractivity contribution in [1.29, 1.82) is 0 Å². The first-order valence-corrected chi connectivity index (χ1v) is 5.12. The predicted molar refractivity (Wildman–Crippen MR) is 52.6 cm³/mol. The zero-order valence-corrected chi connectivity index (χ0v) is 8.95. The van der Waals surface area contributed by atoms with E-state index in [0.717, 1.165) is 19.4 Å². The fourth-order valence-corrected chi connectivity index (χ4v) is 0.899. The van der Waals surface area contributed by atoms with Gasteiger partial charge in [0.15, 0.2) is 6.29 Å². The van der Waals surface area contributed by atoms with Crippen molar-refractivity contribution in [3.63, 3.8) is 0 Å². The third-order valence-corrected chi connectivity index (χ3v) is 1.73. The molecule has 0 fully saturated rings. The van der Waals surface area contributed by atoms with Gasteiger partial charge in [-0.1, -0.05) is 20.3 Å². The summed E-state index contributed by atoms with van der Waals surface area (Å²) in [5.41, 5.74) is 0. The van der Waals surface area contributed by atoms with Crippen molar-refractivity contribution in [2.45, 2.75) is 52.4 Å². The Hall–Kier alpha value is -0.120. The Kier molecular flexibility index (Phi) is 8.40. The normalized spacial score (nSPS) is 15.7. The van der Waals surface area contributed by atoms with E-state index in [4.69, 9.17) is 14.6 Å². The van der Waals surface area contributed by atoms with E-state index in [9.17, 15) is 0 Å². The number of hydrogen-bond donors (Lipinski definition) is 1. The SMILES string of the molecule is CCCCOCC(C)OC(O)CC. The lowest BCUT2D eigenvalue weighted by Crippen LogP contribution is -2.23. The van der Waals surface area contributed by atoms with Crippen LogP contribution in [0.3, 0.4) is 0 Å². The molecule has 0 heterocycles. The molecule has 0 amide bonds. The van der Waals surface area contributed by atoms with Gasteiger partial charge in [-0.25, -0.2) is 0 Å². The highest BCUT2D eigenvalue weighted by molar-refractivity contribution is 4.48. The van der Waals surface area contributed by atoms with Crippen LogP contribution >= 0.6 is 0 Å². The van der Waals surface area contributed by atoms with E-state index in [1.165, 1.54) is 0 Å². The van der Waals surface area contributed by atoms with Crippen LogP contribution in [0.2, 0.25) is 0 Å². The van der Waals surface area contributed by atoms with E-state index in [0.29, 0.717) is 13.0 Å². The largest absolute Gasteiger partial charge is 0.379 e. The highest BCUT2D eigenvalue weighted by Gasteiger charge is 2.07. The first kappa shape index (κ1) is 12.9. The highest BCUT2D eigenvalue weighted by Crippen LogP contribution is 2.00. The van der Waals surface area contributed by atoms with E-state index in [1.54, 1.807) is 0 Å². The highest BCUT2D eigenvalue weighted by atomic mass is 16.6. The lowest BCUT2D eigenvalue weighted by molar-refractivity contribution is -0.147. The summed E-state index contributed by atoms with van der Waals surface area (Å²) < 4.78 is 10.6. The number of ether oxygens (including phenoxy) is 2. The van der Waals surface area contributed by atoms with Crippen molar-refractivity contribution < 1.29 is 14.6 Å². The minimum atomic E-state index is -0.648. The van der Waals surface area contributed by atoms with Gasteiger partial charge in [0.25, 0.3) is 0 Å².